The molecular weight excluding hydrogens is 202 g/mol. The van der Waals surface area contributed by atoms with Gasteiger partial charge in [-0.3, -0.25) is 4.79 Å². The molecule has 4 nitrogen and oxygen atoms in total. The summed E-state index contributed by atoms with van der Waals surface area (Å²) in [5, 5.41) is 0. The van der Waals surface area contributed by atoms with Crippen molar-refractivity contribution < 1.29 is 4.79 Å². The molecule has 0 aromatic rings. The highest BCUT2D eigenvalue weighted by molar-refractivity contribution is 5.84. The maximum atomic E-state index is 11.2. The largest absolute Gasteiger partial charge is 0.368 e. The monoisotopic (exact) mass is 225 g/mol. The molecule has 0 radical (unpaired) electrons. The predicted molar refractivity (Wildman–Crippen MR) is 63.7 cm³/mol. The van der Waals surface area contributed by atoms with Crippen LogP contribution in [0.5, 0.6) is 0 Å². The molecule has 0 aliphatic heterocycles. The molecule has 1 amide bonds. The number of nitrogens with two attached hydrogens (primary N) is 2. The van der Waals surface area contributed by atoms with E-state index in [1.807, 2.05) is 0 Å². The molecule has 1 unspecified atom stereocenters. The standard InChI is InChI=1S/C12H23N3O/c1-12(14,11(13)16)8-15(6-9-2-3-9)7-10-4-5-10/h9-10H,2-8,14H2,1H3,(H2,13,16). The first kappa shape index (κ1) is 11.9. The van der Waals surface area contributed by atoms with Gasteiger partial charge in [-0.05, 0) is 44.4 Å². The minimum Gasteiger partial charge on any atom is -0.368 e. The zero-order valence-electron chi connectivity index (χ0n) is 10.1. The van der Waals surface area contributed by atoms with Gasteiger partial charge in [-0.2, -0.15) is 0 Å². The van der Waals surface area contributed by atoms with Gasteiger partial charge in [0, 0.05) is 19.6 Å². The third-order valence-corrected chi connectivity index (χ3v) is 3.54. The second kappa shape index (κ2) is 4.34. The highest BCUT2D eigenvalue weighted by atomic mass is 16.1. The van der Waals surface area contributed by atoms with Crippen molar-refractivity contribution in [1.82, 2.24) is 4.90 Å². The maximum Gasteiger partial charge on any atom is 0.238 e. The molecule has 0 heterocycles. The van der Waals surface area contributed by atoms with Crippen molar-refractivity contribution in [2.75, 3.05) is 19.6 Å². The van der Waals surface area contributed by atoms with Crippen LogP contribution < -0.4 is 11.5 Å². The molecule has 16 heavy (non-hydrogen) atoms. The normalized spacial score (nSPS) is 24.4. The Labute approximate surface area is 97.3 Å². The van der Waals surface area contributed by atoms with Crippen LogP contribution in [0.2, 0.25) is 0 Å². The SMILES string of the molecule is CC(N)(CN(CC1CC1)CC1CC1)C(N)=O. The van der Waals surface area contributed by atoms with Crippen LogP contribution in [0.1, 0.15) is 32.6 Å². The van der Waals surface area contributed by atoms with Crippen molar-refractivity contribution in [1.29, 1.82) is 0 Å². The summed E-state index contributed by atoms with van der Waals surface area (Å²) in [7, 11) is 0. The number of hydrogen-bond donors (Lipinski definition) is 2. The lowest BCUT2D eigenvalue weighted by Gasteiger charge is -2.30. The van der Waals surface area contributed by atoms with Crippen LogP contribution in [0, 0.1) is 11.8 Å². The highest BCUT2D eigenvalue weighted by Crippen LogP contribution is 2.34. The molecule has 4 heteroatoms. The summed E-state index contributed by atoms with van der Waals surface area (Å²) in [5.41, 5.74) is 10.4. The van der Waals surface area contributed by atoms with Gasteiger partial charge >= 0.3 is 0 Å². The topological polar surface area (TPSA) is 72.3 Å². The van der Waals surface area contributed by atoms with Crippen molar-refractivity contribution >= 4 is 5.91 Å². The summed E-state index contributed by atoms with van der Waals surface area (Å²) in [6.45, 7) is 4.53. The molecule has 92 valence electrons. The van der Waals surface area contributed by atoms with E-state index < -0.39 is 11.4 Å². The van der Waals surface area contributed by atoms with Crippen LogP contribution in [0.25, 0.3) is 0 Å². The first-order valence-electron chi connectivity index (χ1n) is 6.28. The number of carbonyl (C=O) groups excluding carboxylic acids is 1. The molecule has 0 bridgehead atoms. The van der Waals surface area contributed by atoms with Crippen LogP contribution in [-0.2, 0) is 4.79 Å². The lowest BCUT2D eigenvalue weighted by molar-refractivity contribution is -0.123. The van der Waals surface area contributed by atoms with E-state index in [1.54, 1.807) is 6.92 Å². The molecule has 0 aromatic carbocycles. The Bertz CT molecular complexity index is 255. The van der Waals surface area contributed by atoms with Gasteiger partial charge in [0.15, 0.2) is 0 Å². The Morgan fingerprint density at radius 3 is 2.00 bits per heavy atom. The average molecular weight is 225 g/mol. The van der Waals surface area contributed by atoms with E-state index in [0.717, 1.165) is 24.9 Å². The van der Waals surface area contributed by atoms with Crippen LogP contribution in [0.15, 0.2) is 0 Å². The third kappa shape index (κ3) is 3.46. The molecule has 2 aliphatic carbocycles. The van der Waals surface area contributed by atoms with Gasteiger partial charge in [0.25, 0.3) is 0 Å². The summed E-state index contributed by atoms with van der Waals surface area (Å²) < 4.78 is 0. The second-order valence-corrected chi connectivity index (χ2v) is 5.86. The van der Waals surface area contributed by atoms with E-state index in [0.29, 0.717) is 6.54 Å². The van der Waals surface area contributed by atoms with Crippen molar-refractivity contribution in [3.8, 4) is 0 Å². The van der Waals surface area contributed by atoms with E-state index in [9.17, 15) is 4.79 Å². The van der Waals surface area contributed by atoms with E-state index in [1.165, 1.54) is 25.7 Å². The Morgan fingerprint density at radius 1 is 1.25 bits per heavy atom. The van der Waals surface area contributed by atoms with Gasteiger partial charge < -0.3 is 16.4 Å². The Hall–Kier alpha value is -0.610. The lowest BCUT2D eigenvalue weighted by atomic mass is 10.0. The predicted octanol–water partition coefficient (Wildman–Crippen LogP) is 0.311. The Kier molecular flexibility index (Phi) is 3.22. The summed E-state index contributed by atoms with van der Waals surface area (Å²) >= 11 is 0. The maximum absolute atomic E-state index is 11.2. The van der Waals surface area contributed by atoms with Crippen molar-refractivity contribution in [3.63, 3.8) is 0 Å². The molecule has 0 aromatic heterocycles. The van der Waals surface area contributed by atoms with Crippen LogP contribution in [0.4, 0.5) is 0 Å². The summed E-state index contributed by atoms with van der Waals surface area (Å²) in [6.07, 6.45) is 5.33. The molecule has 2 fully saturated rings. The summed E-state index contributed by atoms with van der Waals surface area (Å²) in [5.74, 6) is 1.27. The number of amides is 1. The van der Waals surface area contributed by atoms with Gasteiger partial charge in [-0.25, -0.2) is 0 Å². The Balaban J connectivity index is 1.85. The molecule has 2 rings (SSSR count). The number of hydrogen-bond acceptors (Lipinski definition) is 3. The number of primary amides is 1. The van der Waals surface area contributed by atoms with Gasteiger partial charge in [-0.1, -0.05) is 0 Å². The van der Waals surface area contributed by atoms with Crippen LogP contribution in [0.3, 0.4) is 0 Å². The molecule has 2 aliphatic rings. The number of nitrogens with zero attached hydrogens (tertiary/aromatic N) is 1. The van der Waals surface area contributed by atoms with Crippen molar-refractivity contribution in [3.05, 3.63) is 0 Å². The van der Waals surface area contributed by atoms with Gasteiger partial charge in [0.1, 0.15) is 5.54 Å². The third-order valence-electron chi connectivity index (χ3n) is 3.54. The minimum absolute atomic E-state index is 0.399. The van der Waals surface area contributed by atoms with E-state index in [2.05, 4.69) is 4.90 Å². The van der Waals surface area contributed by atoms with E-state index in [4.69, 9.17) is 11.5 Å². The molecule has 0 spiro atoms. The number of rotatable bonds is 7. The van der Waals surface area contributed by atoms with E-state index in [-0.39, 0.29) is 0 Å². The van der Waals surface area contributed by atoms with Crippen molar-refractivity contribution in [2.45, 2.75) is 38.1 Å². The minimum atomic E-state index is -0.885. The molecule has 0 saturated heterocycles. The smallest absolute Gasteiger partial charge is 0.238 e. The fourth-order valence-corrected chi connectivity index (χ4v) is 2.08. The fraction of sp³-hybridized carbons (Fsp3) is 0.917. The highest BCUT2D eigenvalue weighted by Gasteiger charge is 2.34. The first-order chi connectivity index (χ1) is 7.47. The van der Waals surface area contributed by atoms with Gasteiger partial charge in [-0.15, -0.1) is 0 Å². The van der Waals surface area contributed by atoms with Crippen LogP contribution >= 0.6 is 0 Å². The quantitative estimate of drug-likeness (QED) is 0.655. The molecule has 4 N–H and O–H groups in total. The fourth-order valence-electron chi connectivity index (χ4n) is 2.08. The zero-order chi connectivity index (χ0) is 11.8. The summed E-state index contributed by atoms with van der Waals surface area (Å²) in [6, 6.07) is 0. The average Bonchev–Trinajstić information content (AvgIpc) is 2.98. The molecule has 1 atom stereocenters. The molecular formula is C12H23N3O. The van der Waals surface area contributed by atoms with Gasteiger partial charge in [0.05, 0.1) is 0 Å². The lowest BCUT2D eigenvalue weighted by Crippen LogP contribution is -2.57. The van der Waals surface area contributed by atoms with E-state index >= 15 is 0 Å². The van der Waals surface area contributed by atoms with Gasteiger partial charge in [0.2, 0.25) is 5.91 Å². The van der Waals surface area contributed by atoms with Crippen molar-refractivity contribution in [2.24, 2.45) is 23.3 Å². The Morgan fingerprint density at radius 2 is 1.69 bits per heavy atom. The molecule has 2 saturated carbocycles. The zero-order valence-corrected chi connectivity index (χ0v) is 10.1. The second-order valence-electron chi connectivity index (χ2n) is 5.86. The van der Waals surface area contributed by atoms with Crippen LogP contribution in [-0.4, -0.2) is 36.0 Å². The number of carbonyl (C=O) groups is 1. The first-order valence-corrected chi connectivity index (χ1v) is 6.28. The summed E-state index contributed by atoms with van der Waals surface area (Å²) in [4.78, 5) is 13.6.